The standard InChI is InChI=1S/C30H45N5O5/c1-30(2,3)40-29(36)34-14-10-23(11-15-34)39-22-8-12-33(13-9-22)26-18-27(37-4)25(31)17-24(26)21-19-32-35(20-21)28-7-5-6-16-38-28/h17-20,22-23,28H,5-16,31H2,1-4H3. The molecule has 5 rings (SSSR count). The molecule has 10 heteroatoms. The Morgan fingerprint density at radius 1 is 1.02 bits per heavy atom. The molecule has 2 N–H and O–H groups in total. The molecule has 1 aromatic heterocycles. The molecule has 0 saturated carbocycles. The number of carbonyl (C=O) groups is 1. The molecule has 0 spiro atoms. The van der Waals surface area contributed by atoms with Gasteiger partial charge in [0, 0.05) is 61.9 Å². The molecule has 3 aliphatic heterocycles. The van der Waals surface area contributed by atoms with Crippen molar-refractivity contribution in [1.29, 1.82) is 0 Å². The molecule has 1 atom stereocenters. The van der Waals surface area contributed by atoms with Crippen LogP contribution in [0.15, 0.2) is 24.5 Å². The van der Waals surface area contributed by atoms with Crippen LogP contribution in [0.3, 0.4) is 0 Å². The van der Waals surface area contributed by atoms with E-state index < -0.39 is 5.60 Å². The zero-order valence-electron chi connectivity index (χ0n) is 24.4. The maximum absolute atomic E-state index is 12.4. The van der Waals surface area contributed by atoms with Crippen LogP contribution in [0.5, 0.6) is 5.75 Å². The molecule has 3 aliphatic rings. The predicted molar refractivity (Wildman–Crippen MR) is 155 cm³/mol. The Morgan fingerprint density at radius 2 is 1.73 bits per heavy atom. The summed E-state index contributed by atoms with van der Waals surface area (Å²) >= 11 is 0. The first-order valence-corrected chi connectivity index (χ1v) is 14.7. The third-order valence-corrected chi connectivity index (χ3v) is 7.97. The lowest BCUT2D eigenvalue weighted by Gasteiger charge is -2.38. The largest absolute Gasteiger partial charge is 0.495 e. The molecule has 4 heterocycles. The maximum atomic E-state index is 12.4. The van der Waals surface area contributed by atoms with Gasteiger partial charge in [0.25, 0.3) is 0 Å². The number of aromatic nitrogens is 2. The SMILES string of the molecule is COc1cc(N2CCC(OC3CCN(C(=O)OC(C)(C)C)CC3)CC2)c(-c2cnn(C3CCCCO3)c2)cc1N. The van der Waals surface area contributed by atoms with E-state index in [4.69, 9.17) is 24.7 Å². The molecule has 40 heavy (non-hydrogen) atoms. The molecular formula is C30H45N5O5. The molecule has 1 aromatic carbocycles. The van der Waals surface area contributed by atoms with Crippen molar-refractivity contribution in [2.24, 2.45) is 0 Å². The number of rotatable bonds is 6. The lowest BCUT2D eigenvalue weighted by molar-refractivity contribution is -0.0535. The first kappa shape index (κ1) is 28.5. The minimum Gasteiger partial charge on any atom is -0.495 e. The summed E-state index contributed by atoms with van der Waals surface area (Å²) in [6.45, 7) is 9.57. The summed E-state index contributed by atoms with van der Waals surface area (Å²) in [5.41, 5.74) is 9.66. The van der Waals surface area contributed by atoms with Crippen LogP contribution in [0, 0.1) is 0 Å². The van der Waals surface area contributed by atoms with Gasteiger partial charge < -0.3 is 34.5 Å². The Hall–Kier alpha value is -2.98. The minimum absolute atomic E-state index is 0.00885. The van der Waals surface area contributed by atoms with Crippen molar-refractivity contribution in [3.63, 3.8) is 0 Å². The van der Waals surface area contributed by atoms with Gasteiger partial charge in [-0.2, -0.15) is 5.10 Å². The smallest absolute Gasteiger partial charge is 0.410 e. The first-order chi connectivity index (χ1) is 19.2. The average Bonchev–Trinajstić information content (AvgIpc) is 3.44. The number of nitrogen functional groups attached to an aromatic ring is 1. The lowest BCUT2D eigenvalue weighted by atomic mass is 10.0. The summed E-state index contributed by atoms with van der Waals surface area (Å²) in [7, 11) is 1.65. The summed E-state index contributed by atoms with van der Waals surface area (Å²) in [6, 6.07) is 4.05. The zero-order valence-corrected chi connectivity index (χ0v) is 24.4. The Bertz CT molecular complexity index is 1140. The number of piperidine rings is 2. The number of hydrogen-bond acceptors (Lipinski definition) is 8. The number of carbonyl (C=O) groups excluding carboxylic acids is 1. The molecule has 1 amide bonds. The number of nitrogens with two attached hydrogens (primary N) is 1. The topological polar surface area (TPSA) is 104 Å². The minimum atomic E-state index is -0.475. The summed E-state index contributed by atoms with van der Waals surface area (Å²) in [5, 5.41) is 4.63. The van der Waals surface area contributed by atoms with Gasteiger partial charge in [-0.1, -0.05) is 0 Å². The Balaban J connectivity index is 1.20. The third-order valence-electron chi connectivity index (χ3n) is 7.97. The molecule has 220 valence electrons. The van der Waals surface area contributed by atoms with E-state index in [0.717, 1.165) is 81.5 Å². The van der Waals surface area contributed by atoms with Gasteiger partial charge in [0.2, 0.25) is 0 Å². The summed E-state index contributed by atoms with van der Waals surface area (Å²) in [4.78, 5) is 16.6. The van der Waals surface area contributed by atoms with E-state index >= 15 is 0 Å². The zero-order chi connectivity index (χ0) is 28.3. The van der Waals surface area contributed by atoms with Crippen molar-refractivity contribution < 1.29 is 23.7 Å². The first-order valence-electron chi connectivity index (χ1n) is 14.7. The van der Waals surface area contributed by atoms with E-state index in [-0.39, 0.29) is 24.5 Å². The number of hydrogen-bond donors (Lipinski definition) is 1. The number of anilines is 2. The van der Waals surface area contributed by atoms with Gasteiger partial charge in [0.05, 0.1) is 31.2 Å². The highest BCUT2D eigenvalue weighted by molar-refractivity contribution is 5.83. The second-order valence-electron chi connectivity index (χ2n) is 12.1. The number of methoxy groups -OCH3 is 1. The van der Waals surface area contributed by atoms with Gasteiger partial charge in [0.1, 0.15) is 17.6 Å². The number of likely N-dealkylation sites (tertiary alicyclic amines) is 1. The third kappa shape index (κ3) is 6.83. The number of nitrogens with zero attached hydrogens (tertiary/aromatic N) is 4. The van der Waals surface area contributed by atoms with Crippen LogP contribution in [-0.2, 0) is 14.2 Å². The van der Waals surface area contributed by atoms with Crippen LogP contribution in [0.2, 0.25) is 0 Å². The fraction of sp³-hybridized carbons (Fsp3) is 0.667. The van der Waals surface area contributed by atoms with Crippen LogP contribution in [0.4, 0.5) is 16.2 Å². The molecule has 0 bridgehead atoms. The van der Waals surface area contributed by atoms with E-state index in [1.807, 2.05) is 43.8 Å². The van der Waals surface area contributed by atoms with Crippen molar-refractivity contribution in [2.45, 2.75) is 89.8 Å². The summed E-state index contributed by atoms with van der Waals surface area (Å²) in [6.07, 6.45) is 10.9. The van der Waals surface area contributed by atoms with Gasteiger partial charge in [-0.05, 0) is 71.8 Å². The van der Waals surface area contributed by atoms with Crippen LogP contribution in [0.25, 0.3) is 11.1 Å². The molecule has 1 unspecified atom stereocenters. The second-order valence-corrected chi connectivity index (χ2v) is 12.1. The van der Waals surface area contributed by atoms with E-state index in [1.165, 1.54) is 0 Å². The number of benzene rings is 1. The van der Waals surface area contributed by atoms with Gasteiger partial charge in [0.15, 0.2) is 0 Å². The highest BCUT2D eigenvalue weighted by atomic mass is 16.6. The van der Waals surface area contributed by atoms with Crippen LogP contribution < -0.4 is 15.4 Å². The lowest BCUT2D eigenvalue weighted by Crippen LogP contribution is -2.45. The fourth-order valence-electron chi connectivity index (χ4n) is 5.83. The highest BCUT2D eigenvalue weighted by Gasteiger charge is 2.30. The van der Waals surface area contributed by atoms with E-state index in [9.17, 15) is 4.79 Å². The fourth-order valence-corrected chi connectivity index (χ4v) is 5.83. The van der Waals surface area contributed by atoms with Gasteiger partial charge in [-0.25, -0.2) is 9.48 Å². The van der Waals surface area contributed by atoms with Crippen molar-refractivity contribution in [2.75, 3.05) is 50.5 Å². The maximum Gasteiger partial charge on any atom is 0.410 e. The molecule has 0 radical (unpaired) electrons. The van der Waals surface area contributed by atoms with Crippen molar-refractivity contribution in [3.8, 4) is 16.9 Å². The van der Waals surface area contributed by atoms with E-state index in [0.29, 0.717) is 24.5 Å². The molecule has 3 fully saturated rings. The molecule has 10 nitrogen and oxygen atoms in total. The molecular weight excluding hydrogens is 510 g/mol. The Kier molecular flexibility index (Phi) is 8.75. The van der Waals surface area contributed by atoms with Crippen molar-refractivity contribution in [1.82, 2.24) is 14.7 Å². The van der Waals surface area contributed by atoms with E-state index in [1.54, 1.807) is 12.0 Å². The Morgan fingerprint density at radius 3 is 2.35 bits per heavy atom. The normalized spacial score (nSPS) is 21.4. The van der Waals surface area contributed by atoms with Gasteiger partial charge in [-0.15, -0.1) is 0 Å². The molecule has 2 aromatic rings. The molecule has 0 aliphatic carbocycles. The highest BCUT2D eigenvalue weighted by Crippen LogP contribution is 2.40. The van der Waals surface area contributed by atoms with Crippen molar-refractivity contribution >= 4 is 17.5 Å². The van der Waals surface area contributed by atoms with Crippen LogP contribution >= 0.6 is 0 Å². The van der Waals surface area contributed by atoms with Crippen molar-refractivity contribution in [3.05, 3.63) is 24.5 Å². The summed E-state index contributed by atoms with van der Waals surface area (Å²) in [5.74, 6) is 0.678. The quantitative estimate of drug-likeness (QED) is 0.484. The Labute approximate surface area is 237 Å². The van der Waals surface area contributed by atoms with Gasteiger partial charge in [-0.3, -0.25) is 0 Å². The predicted octanol–water partition coefficient (Wildman–Crippen LogP) is 5.22. The second kappa shape index (κ2) is 12.3. The average molecular weight is 556 g/mol. The number of amides is 1. The van der Waals surface area contributed by atoms with Crippen LogP contribution in [0.1, 0.15) is 71.9 Å². The monoisotopic (exact) mass is 555 g/mol. The van der Waals surface area contributed by atoms with Gasteiger partial charge >= 0.3 is 6.09 Å². The number of ether oxygens (including phenoxy) is 4. The summed E-state index contributed by atoms with van der Waals surface area (Å²) < 4.78 is 25.5. The van der Waals surface area contributed by atoms with E-state index in [2.05, 4.69) is 16.2 Å². The molecule has 3 saturated heterocycles. The van der Waals surface area contributed by atoms with Crippen LogP contribution in [-0.4, -0.2) is 78.5 Å².